The summed E-state index contributed by atoms with van der Waals surface area (Å²) >= 11 is 0. The lowest BCUT2D eigenvalue weighted by molar-refractivity contribution is 0.0984. The fourth-order valence-electron chi connectivity index (χ4n) is 3.29. The molecule has 0 radical (unpaired) electrons. The molecule has 0 unspecified atom stereocenters. The van der Waals surface area contributed by atoms with Crippen molar-refractivity contribution in [2.24, 2.45) is 0 Å². The maximum absolute atomic E-state index is 12.9. The fourth-order valence-corrected chi connectivity index (χ4v) is 3.29. The van der Waals surface area contributed by atoms with Crippen molar-refractivity contribution in [3.63, 3.8) is 0 Å². The molecule has 4 rings (SSSR count). The molecule has 5 nitrogen and oxygen atoms in total. The molecule has 2 aromatic carbocycles. The van der Waals surface area contributed by atoms with Crippen LogP contribution in [-0.2, 0) is 6.42 Å². The average molecular weight is 357 g/mol. The van der Waals surface area contributed by atoms with E-state index in [1.165, 1.54) is 0 Å². The first-order valence-corrected chi connectivity index (χ1v) is 8.87. The van der Waals surface area contributed by atoms with Crippen molar-refractivity contribution in [3.05, 3.63) is 89.2 Å². The quantitative estimate of drug-likeness (QED) is 0.774. The van der Waals surface area contributed by atoms with Crippen LogP contribution in [0.4, 0.5) is 11.4 Å². The molecule has 0 saturated heterocycles. The third kappa shape index (κ3) is 3.44. The molecule has 1 N–H and O–H groups in total. The van der Waals surface area contributed by atoms with Gasteiger partial charge < -0.3 is 10.2 Å². The number of aryl methyl sites for hydroxylation is 1. The van der Waals surface area contributed by atoms with Crippen LogP contribution >= 0.6 is 0 Å². The van der Waals surface area contributed by atoms with E-state index in [2.05, 4.69) is 10.3 Å². The first-order chi connectivity index (χ1) is 13.1. The number of fused-ring (bicyclic) bond motifs is 1. The Morgan fingerprint density at radius 3 is 2.59 bits per heavy atom. The zero-order valence-corrected chi connectivity index (χ0v) is 15.0. The summed E-state index contributed by atoms with van der Waals surface area (Å²) in [6.45, 7) is 2.58. The largest absolute Gasteiger partial charge is 0.321 e. The van der Waals surface area contributed by atoms with Gasteiger partial charge in [0.05, 0.1) is 0 Å². The van der Waals surface area contributed by atoms with Crippen molar-refractivity contribution >= 4 is 23.2 Å². The van der Waals surface area contributed by atoms with Gasteiger partial charge in [0.1, 0.15) is 11.4 Å². The Morgan fingerprint density at radius 1 is 0.963 bits per heavy atom. The SMILES string of the molecule is Cc1cccc(NC(=O)c2cccc(C(=O)N3CCc4ccccc43)n2)c1. The number of anilines is 2. The van der Waals surface area contributed by atoms with Gasteiger partial charge in [-0.25, -0.2) is 4.98 Å². The second-order valence-corrected chi connectivity index (χ2v) is 6.57. The van der Waals surface area contributed by atoms with Crippen molar-refractivity contribution in [1.29, 1.82) is 0 Å². The minimum atomic E-state index is -0.336. The topological polar surface area (TPSA) is 62.3 Å². The van der Waals surface area contributed by atoms with Gasteiger partial charge in [-0.1, -0.05) is 36.4 Å². The summed E-state index contributed by atoms with van der Waals surface area (Å²) in [4.78, 5) is 31.5. The lowest BCUT2D eigenvalue weighted by atomic mass is 10.2. The third-order valence-corrected chi connectivity index (χ3v) is 4.61. The highest BCUT2D eigenvalue weighted by atomic mass is 16.2. The van der Waals surface area contributed by atoms with Crippen molar-refractivity contribution < 1.29 is 9.59 Å². The highest BCUT2D eigenvalue weighted by Gasteiger charge is 2.26. The molecule has 2 amide bonds. The number of hydrogen-bond donors (Lipinski definition) is 1. The lowest BCUT2D eigenvalue weighted by Crippen LogP contribution is -2.30. The van der Waals surface area contributed by atoms with E-state index in [9.17, 15) is 9.59 Å². The van der Waals surface area contributed by atoms with Crippen LogP contribution in [0.5, 0.6) is 0 Å². The van der Waals surface area contributed by atoms with Gasteiger partial charge in [-0.15, -0.1) is 0 Å². The van der Waals surface area contributed by atoms with E-state index in [0.717, 1.165) is 23.2 Å². The molecule has 0 aliphatic carbocycles. The van der Waals surface area contributed by atoms with Gasteiger partial charge in [0.25, 0.3) is 11.8 Å². The van der Waals surface area contributed by atoms with Crippen LogP contribution in [0.15, 0.2) is 66.7 Å². The molecule has 0 fully saturated rings. The highest BCUT2D eigenvalue weighted by Crippen LogP contribution is 2.28. The molecular weight excluding hydrogens is 338 g/mol. The predicted molar refractivity (Wildman–Crippen MR) is 105 cm³/mol. The molecule has 5 heteroatoms. The molecule has 0 saturated carbocycles. The molecule has 2 heterocycles. The van der Waals surface area contributed by atoms with E-state index < -0.39 is 0 Å². The van der Waals surface area contributed by atoms with Crippen molar-refractivity contribution in [2.75, 3.05) is 16.8 Å². The van der Waals surface area contributed by atoms with Crippen LogP contribution in [0.25, 0.3) is 0 Å². The monoisotopic (exact) mass is 357 g/mol. The molecule has 0 spiro atoms. The molecule has 3 aromatic rings. The summed E-state index contributed by atoms with van der Waals surface area (Å²) in [5.74, 6) is -0.526. The molecule has 0 atom stereocenters. The van der Waals surface area contributed by atoms with Crippen LogP contribution in [0, 0.1) is 6.92 Å². The summed E-state index contributed by atoms with van der Waals surface area (Å²) in [6, 6.07) is 20.3. The summed E-state index contributed by atoms with van der Waals surface area (Å²) < 4.78 is 0. The van der Waals surface area contributed by atoms with Crippen LogP contribution in [0.1, 0.15) is 32.1 Å². The molecule has 134 valence electrons. The first-order valence-electron chi connectivity index (χ1n) is 8.87. The number of para-hydroxylation sites is 1. The van der Waals surface area contributed by atoms with Gasteiger partial charge in [-0.05, 0) is 54.8 Å². The first kappa shape index (κ1) is 17.0. The maximum Gasteiger partial charge on any atom is 0.276 e. The van der Waals surface area contributed by atoms with Crippen LogP contribution in [-0.4, -0.2) is 23.3 Å². The second-order valence-electron chi connectivity index (χ2n) is 6.57. The number of carbonyl (C=O) groups is 2. The lowest BCUT2D eigenvalue weighted by Gasteiger charge is -2.17. The zero-order valence-electron chi connectivity index (χ0n) is 15.0. The Kier molecular flexibility index (Phi) is 4.42. The van der Waals surface area contributed by atoms with Crippen LogP contribution in [0.3, 0.4) is 0 Å². The Bertz CT molecular complexity index is 1030. The van der Waals surface area contributed by atoms with E-state index in [-0.39, 0.29) is 23.2 Å². The number of hydrogen-bond acceptors (Lipinski definition) is 3. The number of amides is 2. The summed E-state index contributed by atoms with van der Waals surface area (Å²) in [6.07, 6.45) is 0.829. The van der Waals surface area contributed by atoms with E-state index in [1.807, 2.05) is 55.5 Å². The normalized spacial score (nSPS) is 12.6. The van der Waals surface area contributed by atoms with Crippen molar-refractivity contribution in [3.8, 4) is 0 Å². The standard InChI is InChI=1S/C22H19N3O2/c1-15-6-4-8-17(14-15)23-21(26)18-9-5-10-19(24-18)22(27)25-13-12-16-7-2-3-11-20(16)25/h2-11,14H,12-13H2,1H3,(H,23,26). The molecule has 1 aliphatic rings. The summed E-state index contributed by atoms with van der Waals surface area (Å²) in [5.41, 5.74) is 4.31. The van der Waals surface area contributed by atoms with E-state index in [0.29, 0.717) is 12.2 Å². The molecule has 0 bridgehead atoms. The second kappa shape index (κ2) is 7.03. The van der Waals surface area contributed by atoms with E-state index in [1.54, 1.807) is 23.1 Å². The highest BCUT2D eigenvalue weighted by molar-refractivity contribution is 6.08. The average Bonchev–Trinajstić information content (AvgIpc) is 3.11. The summed E-state index contributed by atoms with van der Waals surface area (Å²) in [7, 11) is 0. The molecular formula is C22H19N3O2. The Labute approximate surface area is 157 Å². The van der Waals surface area contributed by atoms with Gasteiger partial charge in [-0.2, -0.15) is 0 Å². The number of nitrogens with one attached hydrogen (secondary N) is 1. The minimum Gasteiger partial charge on any atom is -0.321 e. The predicted octanol–water partition coefficient (Wildman–Crippen LogP) is 3.85. The smallest absolute Gasteiger partial charge is 0.276 e. The number of pyridine rings is 1. The zero-order chi connectivity index (χ0) is 18.8. The van der Waals surface area contributed by atoms with Crippen molar-refractivity contribution in [2.45, 2.75) is 13.3 Å². The van der Waals surface area contributed by atoms with Crippen LogP contribution in [0.2, 0.25) is 0 Å². The van der Waals surface area contributed by atoms with Gasteiger partial charge in [0, 0.05) is 17.9 Å². The maximum atomic E-state index is 12.9. The van der Waals surface area contributed by atoms with Gasteiger partial charge in [0.15, 0.2) is 0 Å². The van der Waals surface area contributed by atoms with Gasteiger partial charge in [0.2, 0.25) is 0 Å². The Morgan fingerprint density at radius 2 is 1.74 bits per heavy atom. The number of carbonyl (C=O) groups excluding carboxylic acids is 2. The Hall–Kier alpha value is -3.47. The summed E-state index contributed by atoms with van der Waals surface area (Å²) in [5, 5.41) is 2.82. The van der Waals surface area contributed by atoms with Crippen LogP contribution < -0.4 is 10.2 Å². The minimum absolute atomic E-state index is 0.190. The van der Waals surface area contributed by atoms with Gasteiger partial charge >= 0.3 is 0 Å². The third-order valence-electron chi connectivity index (χ3n) is 4.61. The van der Waals surface area contributed by atoms with Crippen molar-refractivity contribution in [1.82, 2.24) is 4.98 Å². The fraction of sp³-hybridized carbons (Fsp3) is 0.136. The number of nitrogens with zero attached hydrogens (tertiary/aromatic N) is 2. The number of rotatable bonds is 3. The van der Waals surface area contributed by atoms with E-state index >= 15 is 0 Å². The molecule has 27 heavy (non-hydrogen) atoms. The molecule has 1 aliphatic heterocycles. The van der Waals surface area contributed by atoms with Gasteiger partial charge in [-0.3, -0.25) is 9.59 Å². The molecule has 1 aromatic heterocycles. The number of aromatic nitrogens is 1. The number of benzene rings is 2. The van der Waals surface area contributed by atoms with E-state index in [4.69, 9.17) is 0 Å². The Balaban J connectivity index is 1.56.